The first kappa shape index (κ1) is 14.1. The van der Waals surface area contributed by atoms with Gasteiger partial charge in [0.05, 0.1) is 23.8 Å². The van der Waals surface area contributed by atoms with Crippen molar-refractivity contribution in [1.82, 2.24) is 20.2 Å². The molecule has 5 nitrogen and oxygen atoms in total. The van der Waals surface area contributed by atoms with Crippen molar-refractivity contribution in [2.75, 3.05) is 20.1 Å². The van der Waals surface area contributed by atoms with Crippen LogP contribution in [0.15, 0.2) is 24.5 Å². The molecule has 1 fully saturated rings. The highest BCUT2D eigenvalue weighted by atomic mass is 16.1. The minimum Gasteiger partial charge on any atom is -0.353 e. The lowest BCUT2D eigenvalue weighted by atomic mass is 9.94. The van der Waals surface area contributed by atoms with Crippen LogP contribution in [-0.4, -0.2) is 47.0 Å². The summed E-state index contributed by atoms with van der Waals surface area (Å²) in [5, 5.41) is 3.19. The van der Waals surface area contributed by atoms with Crippen LogP contribution in [0.25, 0.3) is 11.0 Å². The highest BCUT2D eigenvalue weighted by Crippen LogP contribution is 2.16. The number of nitrogens with zero attached hydrogens (tertiary/aromatic N) is 2. The Morgan fingerprint density at radius 3 is 3.19 bits per heavy atom. The molecular formula is C16H22N4O. The molecule has 112 valence electrons. The van der Waals surface area contributed by atoms with Crippen LogP contribution in [-0.2, 0) is 11.2 Å². The Kier molecular flexibility index (Phi) is 3.92. The Morgan fingerprint density at radius 2 is 2.38 bits per heavy atom. The van der Waals surface area contributed by atoms with E-state index in [1.807, 2.05) is 18.2 Å². The molecule has 1 aromatic heterocycles. The van der Waals surface area contributed by atoms with Gasteiger partial charge in [-0.05, 0) is 43.6 Å². The zero-order valence-corrected chi connectivity index (χ0v) is 12.6. The maximum Gasteiger partial charge on any atom is 0.224 e. The second kappa shape index (κ2) is 5.85. The number of benzene rings is 1. The van der Waals surface area contributed by atoms with Gasteiger partial charge in [0.15, 0.2) is 0 Å². The average molecular weight is 286 g/mol. The SMILES string of the molecule is CC1CN(C)CCC1NC(=O)Cc1ccc2nc[nH]c2c1. The molecule has 3 rings (SSSR count). The van der Waals surface area contributed by atoms with Crippen LogP contribution in [0, 0.1) is 5.92 Å². The lowest BCUT2D eigenvalue weighted by molar-refractivity contribution is -0.121. The van der Waals surface area contributed by atoms with Gasteiger partial charge in [-0.3, -0.25) is 4.79 Å². The van der Waals surface area contributed by atoms with Crippen LogP contribution < -0.4 is 5.32 Å². The number of aromatic amines is 1. The summed E-state index contributed by atoms with van der Waals surface area (Å²) in [7, 11) is 2.13. The molecule has 2 unspecified atom stereocenters. The molecule has 1 amide bonds. The van der Waals surface area contributed by atoms with E-state index in [1.54, 1.807) is 6.33 Å². The summed E-state index contributed by atoms with van der Waals surface area (Å²) in [6.07, 6.45) is 3.13. The highest BCUT2D eigenvalue weighted by molar-refractivity contribution is 5.81. The van der Waals surface area contributed by atoms with Gasteiger partial charge in [0.25, 0.3) is 0 Å². The van der Waals surface area contributed by atoms with Crippen LogP contribution in [0.4, 0.5) is 0 Å². The molecule has 2 heterocycles. The van der Waals surface area contributed by atoms with Gasteiger partial charge in [-0.25, -0.2) is 4.98 Å². The number of likely N-dealkylation sites (tertiary alicyclic amines) is 1. The summed E-state index contributed by atoms with van der Waals surface area (Å²) in [4.78, 5) is 21.8. The predicted octanol–water partition coefficient (Wildman–Crippen LogP) is 1.56. The molecule has 0 radical (unpaired) electrons. The number of fused-ring (bicyclic) bond motifs is 1. The molecule has 0 aliphatic carbocycles. The van der Waals surface area contributed by atoms with Crippen molar-refractivity contribution in [1.29, 1.82) is 0 Å². The topological polar surface area (TPSA) is 61.0 Å². The van der Waals surface area contributed by atoms with Crippen LogP contribution in [0.1, 0.15) is 18.9 Å². The number of hydrogen-bond donors (Lipinski definition) is 2. The molecular weight excluding hydrogens is 264 g/mol. The van der Waals surface area contributed by atoms with E-state index in [4.69, 9.17) is 0 Å². The van der Waals surface area contributed by atoms with Gasteiger partial charge in [-0.2, -0.15) is 0 Å². The predicted molar refractivity (Wildman–Crippen MR) is 83.0 cm³/mol. The first-order valence-corrected chi connectivity index (χ1v) is 7.52. The summed E-state index contributed by atoms with van der Waals surface area (Å²) in [5.41, 5.74) is 2.93. The fourth-order valence-electron chi connectivity index (χ4n) is 3.10. The molecule has 2 N–H and O–H groups in total. The van der Waals surface area contributed by atoms with E-state index in [0.717, 1.165) is 36.1 Å². The second-order valence-electron chi connectivity index (χ2n) is 6.13. The maximum atomic E-state index is 12.2. The van der Waals surface area contributed by atoms with Crippen molar-refractivity contribution < 1.29 is 4.79 Å². The minimum atomic E-state index is 0.107. The molecule has 5 heteroatoms. The summed E-state index contributed by atoms with van der Waals surface area (Å²) in [5.74, 6) is 0.609. The molecule has 0 spiro atoms. The molecule has 0 bridgehead atoms. The van der Waals surface area contributed by atoms with Gasteiger partial charge in [0.2, 0.25) is 5.91 Å². The number of nitrogens with one attached hydrogen (secondary N) is 2. The third-order valence-corrected chi connectivity index (χ3v) is 4.30. The van der Waals surface area contributed by atoms with Crippen molar-refractivity contribution >= 4 is 16.9 Å². The third-order valence-electron chi connectivity index (χ3n) is 4.30. The van der Waals surface area contributed by atoms with Gasteiger partial charge >= 0.3 is 0 Å². The number of hydrogen-bond acceptors (Lipinski definition) is 3. The summed E-state index contributed by atoms with van der Waals surface area (Å²) < 4.78 is 0. The Bertz CT molecular complexity index is 636. The van der Waals surface area contributed by atoms with Gasteiger partial charge in [0, 0.05) is 12.6 Å². The first-order valence-electron chi connectivity index (χ1n) is 7.52. The van der Waals surface area contributed by atoms with E-state index in [1.165, 1.54) is 0 Å². The number of imidazole rings is 1. The Balaban J connectivity index is 1.60. The second-order valence-corrected chi connectivity index (χ2v) is 6.13. The normalized spacial score (nSPS) is 23.3. The first-order chi connectivity index (χ1) is 10.1. The largest absolute Gasteiger partial charge is 0.353 e. The molecule has 2 aromatic rings. The van der Waals surface area contributed by atoms with Crippen LogP contribution >= 0.6 is 0 Å². The lowest BCUT2D eigenvalue weighted by Gasteiger charge is -2.35. The van der Waals surface area contributed by atoms with Crippen LogP contribution in [0.2, 0.25) is 0 Å². The standard InChI is InChI=1S/C16H22N4O/c1-11-9-20(2)6-5-13(11)19-16(21)8-12-3-4-14-15(7-12)18-10-17-14/h3-4,7,10-11,13H,5-6,8-9H2,1-2H3,(H,17,18)(H,19,21). The van der Waals surface area contributed by atoms with Crippen LogP contribution in [0.5, 0.6) is 0 Å². The smallest absolute Gasteiger partial charge is 0.224 e. The van der Waals surface area contributed by atoms with E-state index in [2.05, 4.69) is 34.2 Å². The fraction of sp³-hybridized carbons (Fsp3) is 0.500. The quantitative estimate of drug-likeness (QED) is 0.900. The molecule has 1 saturated heterocycles. The van der Waals surface area contributed by atoms with E-state index in [0.29, 0.717) is 18.4 Å². The van der Waals surface area contributed by atoms with Crippen molar-refractivity contribution in [2.24, 2.45) is 5.92 Å². The van der Waals surface area contributed by atoms with E-state index in [-0.39, 0.29) is 5.91 Å². The Morgan fingerprint density at radius 1 is 1.52 bits per heavy atom. The van der Waals surface area contributed by atoms with E-state index >= 15 is 0 Å². The number of piperidine rings is 1. The number of H-pyrrole nitrogens is 1. The molecule has 0 saturated carbocycles. The van der Waals surface area contributed by atoms with Crippen molar-refractivity contribution in [2.45, 2.75) is 25.8 Å². The lowest BCUT2D eigenvalue weighted by Crippen LogP contribution is -2.49. The molecule has 21 heavy (non-hydrogen) atoms. The summed E-state index contributed by atoms with van der Waals surface area (Å²) >= 11 is 0. The average Bonchev–Trinajstić information content (AvgIpc) is 2.89. The number of aromatic nitrogens is 2. The van der Waals surface area contributed by atoms with Crippen molar-refractivity contribution in [3.05, 3.63) is 30.1 Å². The molecule has 1 aliphatic heterocycles. The zero-order valence-electron chi connectivity index (χ0n) is 12.6. The van der Waals surface area contributed by atoms with E-state index < -0.39 is 0 Å². The Labute approximate surface area is 124 Å². The zero-order chi connectivity index (χ0) is 14.8. The Hall–Kier alpha value is -1.88. The summed E-state index contributed by atoms with van der Waals surface area (Å²) in [6.45, 7) is 4.30. The monoisotopic (exact) mass is 286 g/mol. The molecule has 2 atom stereocenters. The maximum absolute atomic E-state index is 12.2. The number of amides is 1. The number of carbonyl (C=O) groups excluding carboxylic acids is 1. The van der Waals surface area contributed by atoms with Crippen LogP contribution in [0.3, 0.4) is 0 Å². The fourth-order valence-corrected chi connectivity index (χ4v) is 3.10. The van der Waals surface area contributed by atoms with Gasteiger partial charge in [0.1, 0.15) is 0 Å². The molecule has 1 aromatic carbocycles. The molecule has 1 aliphatic rings. The van der Waals surface area contributed by atoms with Crippen molar-refractivity contribution in [3.63, 3.8) is 0 Å². The third kappa shape index (κ3) is 3.24. The summed E-state index contributed by atoms with van der Waals surface area (Å²) in [6, 6.07) is 6.22. The number of carbonyl (C=O) groups is 1. The minimum absolute atomic E-state index is 0.107. The van der Waals surface area contributed by atoms with Crippen molar-refractivity contribution in [3.8, 4) is 0 Å². The van der Waals surface area contributed by atoms with Gasteiger partial charge in [-0.1, -0.05) is 13.0 Å². The van der Waals surface area contributed by atoms with E-state index in [9.17, 15) is 4.79 Å². The van der Waals surface area contributed by atoms with Gasteiger partial charge in [-0.15, -0.1) is 0 Å². The number of rotatable bonds is 3. The highest BCUT2D eigenvalue weighted by Gasteiger charge is 2.25. The van der Waals surface area contributed by atoms with Gasteiger partial charge < -0.3 is 15.2 Å².